The summed E-state index contributed by atoms with van der Waals surface area (Å²) in [4.78, 5) is 0. The van der Waals surface area contributed by atoms with Crippen LogP contribution in [0.3, 0.4) is 0 Å². The van der Waals surface area contributed by atoms with Crippen molar-refractivity contribution in [2.24, 2.45) is 5.92 Å². The lowest BCUT2D eigenvalue weighted by molar-refractivity contribution is -0.197. The summed E-state index contributed by atoms with van der Waals surface area (Å²) in [6.07, 6.45) is 2.67. The lowest BCUT2D eigenvalue weighted by Crippen LogP contribution is -2.33. The van der Waals surface area contributed by atoms with E-state index in [0.717, 1.165) is 50.3 Å². The number of unbranched alkanes of at least 4 members (excludes halogenated alkanes) is 1. The molecule has 36 heavy (non-hydrogen) atoms. The number of rotatable bonds is 12. The van der Waals surface area contributed by atoms with E-state index in [0.29, 0.717) is 25.2 Å². The van der Waals surface area contributed by atoms with Gasteiger partial charge in [0, 0.05) is 0 Å². The third-order valence-corrected chi connectivity index (χ3v) is 6.48. The van der Waals surface area contributed by atoms with Crippen LogP contribution < -0.4 is 14.2 Å². The predicted octanol–water partition coefficient (Wildman–Crippen LogP) is 8.55. The van der Waals surface area contributed by atoms with Crippen LogP contribution in [0.1, 0.15) is 76.7 Å². The van der Waals surface area contributed by atoms with Crippen LogP contribution >= 0.6 is 0 Å². The molecule has 0 unspecified atom stereocenters. The van der Waals surface area contributed by atoms with Crippen LogP contribution in [0.4, 0.5) is 26.3 Å². The van der Waals surface area contributed by atoms with Gasteiger partial charge in [-0.1, -0.05) is 39.2 Å². The van der Waals surface area contributed by atoms with Gasteiger partial charge in [-0.2, -0.15) is 22.0 Å². The van der Waals surface area contributed by atoms with Crippen LogP contribution in [-0.2, 0) is 0 Å². The average molecular weight is 519 g/mol. The molecule has 1 aliphatic rings. The highest BCUT2D eigenvalue weighted by Gasteiger charge is 2.36. The van der Waals surface area contributed by atoms with E-state index in [1.807, 2.05) is 6.92 Å². The zero-order valence-corrected chi connectivity index (χ0v) is 20.5. The highest BCUT2D eigenvalue weighted by atomic mass is 19.3. The van der Waals surface area contributed by atoms with E-state index in [1.165, 1.54) is 6.07 Å². The smallest absolute Gasteiger partial charge is 0.433 e. The highest BCUT2D eigenvalue weighted by molar-refractivity contribution is 5.35. The monoisotopic (exact) mass is 518 g/mol. The van der Waals surface area contributed by atoms with Gasteiger partial charge in [-0.15, -0.1) is 0 Å². The van der Waals surface area contributed by atoms with E-state index >= 15 is 0 Å². The minimum absolute atomic E-state index is 0.146. The molecule has 1 fully saturated rings. The van der Waals surface area contributed by atoms with E-state index in [4.69, 9.17) is 9.47 Å². The third-order valence-electron chi connectivity index (χ3n) is 6.48. The molecule has 0 atom stereocenters. The Kier molecular flexibility index (Phi) is 9.79. The van der Waals surface area contributed by atoms with E-state index in [9.17, 15) is 26.3 Å². The topological polar surface area (TPSA) is 27.7 Å². The Morgan fingerprint density at radius 3 is 1.94 bits per heavy atom. The Hall–Kier alpha value is -2.58. The number of benzene rings is 2. The number of alkyl halides is 2. The zero-order valence-electron chi connectivity index (χ0n) is 20.5. The van der Waals surface area contributed by atoms with Gasteiger partial charge >= 0.3 is 6.11 Å². The van der Waals surface area contributed by atoms with Crippen LogP contribution in [0.2, 0.25) is 0 Å². The summed E-state index contributed by atoms with van der Waals surface area (Å²) in [6, 6.07) is 4.23. The van der Waals surface area contributed by atoms with Gasteiger partial charge in [0.2, 0.25) is 17.5 Å². The number of ether oxygens (including phenoxy) is 3. The van der Waals surface area contributed by atoms with Gasteiger partial charge in [0.25, 0.3) is 0 Å². The normalized spacial score (nSPS) is 18.2. The first-order valence-corrected chi connectivity index (χ1v) is 12.4. The molecule has 3 rings (SSSR count). The molecule has 0 aromatic heterocycles. The highest BCUT2D eigenvalue weighted by Crippen LogP contribution is 2.40. The fourth-order valence-corrected chi connectivity index (χ4v) is 4.53. The molecule has 9 heteroatoms. The molecule has 0 heterocycles. The Bertz CT molecular complexity index is 1010. The molecule has 1 aliphatic carbocycles. The first kappa shape index (κ1) is 28.0. The summed E-state index contributed by atoms with van der Waals surface area (Å²) in [5, 5.41) is 0. The van der Waals surface area contributed by atoms with Gasteiger partial charge < -0.3 is 14.2 Å². The van der Waals surface area contributed by atoms with Crippen molar-refractivity contribution in [2.75, 3.05) is 13.2 Å². The number of hydrogen-bond donors (Lipinski definition) is 0. The van der Waals surface area contributed by atoms with Crippen LogP contribution in [0, 0.1) is 29.2 Å². The molecule has 0 amide bonds. The van der Waals surface area contributed by atoms with Crippen molar-refractivity contribution in [3.05, 3.63) is 53.1 Å². The molecule has 3 nitrogen and oxygen atoms in total. The second-order valence-electron chi connectivity index (χ2n) is 9.21. The van der Waals surface area contributed by atoms with Gasteiger partial charge in [0.1, 0.15) is 0 Å². The third kappa shape index (κ3) is 7.01. The standard InChI is InChI=1S/C27H32F6O3/c1-3-5-15-34-20-13-14-21(25(30)24(20)29)35-16-27(32,33)36-22-12-11-19(23(28)26(22)31)18-9-7-17(6-4-2)8-10-18/h11-14,17-18H,3-10,15-16H2,1-2H3. The molecule has 1 saturated carbocycles. The lowest BCUT2D eigenvalue weighted by Gasteiger charge is -2.29. The Morgan fingerprint density at radius 2 is 1.33 bits per heavy atom. The van der Waals surface area contributed by atoms with Gasteiger partial charge in [0.15, 0.2) is 29.7 Å². The van der Waals surface area contributed by atoms with Crippen LogP contribution in [0.15, 0.2) is 24.3 Å². The quantitative estimate of drug-likeness (QED) is 0.208. The predicted molar refractivity (Wildman–Crippen MR) is 124 cm³/mol. The maximum Gasteiger partial charge on any atom is 0.433 e. The minimum atomic E-state index is -4.15. The Labute approximate surface area is 207 Å². The summed E-state index contributed by atoms with van der Waals surface area (Å²) in [5.41, 5.74) is 0.146. The minimum Gasteiger partial charge on any atom is -0.490 e. The van der Waals surface area contributed by atoms with E-state index in [1.54, 1.807) is 0 Å². The maximum absolute atomic E-state index is 14.7. The molecule has 0 saturated heterocycles. The maximum atomic E-state index is 14.7. The van der Waals surface area contributed by atoms with Gasteiger partial charge in [-0.05, 0) is 67.7 Å². The van der Waals surface area contributed by atoms with E-state index in [-0.39, 0.29) is 23.8 Å². The Balaban J connectivity index is 1.63. The molecule has 0 bridgehead atoms. The molecule has 0 aliphatic heterocycles. The molecule has 2 aromatic rings. The summed E-state index contributed by atoms with van der Waals surface area (Å²) in [5.74, 6) is -7.37. The molecular weight excluding hydrogens is 486 g/mol. The van der Waals surface area contributed by atoms with Gasteiger partial charge in [0.05, 0.1) is 6.61 Å². The molecule has 0 N–H and O–H groups in total. The average Bonchev–Trinajstić information content (AvgIpc) is 2.85. The van der Waals surface area contributed by atoms with Crippen molar-refractivity contribution >= 4 is 0 Å². The number of halogens is 6. The van der Waals surface area contributed by atoms with Crippen molar-refractivity contribution in [1.82, 2.24) is 0 Å². The largest absolute Gasteiger partial charge is 0.490 e. The van der Waals surface area contributed by atoms with Crippen molar-refractivity contribution < 1.29 is 40.6 Å². The fraction of sp³-hybridized carbons (Fsp3) is 0.556. The summed E-state index contributed by atoms with van der Waals surface area (Å²) >= 11 is 0. The van der Waals surface area contributed by atoms with Crippen LogP contribution in [0.25, 0.3) is 0 Å². The van der Waals surface area contributed by atoms with Gasteiger partial charge in [-0.25, -0.2) is 4.39 Å². The van der Waals surface area contributed by atoms with E-state index < -0.39 is 47.5 Å². The van der Waals surface area contributed by atoms with Crippen LogP contribution in [0.5, 0.6) is 17.2 Å². The molecule has 0 radical (unpaired) electrons. The Morgan fingerprint density at radius 1 is 0.750 bits per heavy atom. The number of hydrogen-bond acceptors (Lipinski definition) is 3. The molecule has 0 spiro atoms. The van der Waals surface area contributed by atoms with Crippen molar-refractivity contribution in [3.8, 4) is 17.2 Å². The van der Waals surface area contributed by atoms with E-state index in [2.05, 4.69) is 11.7 Å². The van der Waals surface area contributed by atoms with Gasteiger partial charge in [-0.3, -0.25) is 0 Å². The molecular formula is C27H32F6O3. The summed E-state index contributed by atoms with van der Waals surface area (Å²) in [7, 11) is 0. The first-order chi connectivity index (χ1) is 17.2. The fourth-order valence-electron chi connectivity index (χ4n) is 4.53. The van der Waals surface area contributed by atoms with Crippen molar-refractivity contribution in [1.29, 1.82) is 0 Å². The van der Waals surface area contributed by atoms with Crippen LogP contribution in [-0.4, -0.2) is 19.3 Å². The SMILES string of the molecule is CCCCOc1ccc(OCC(F)(F)Oc2ccc(C3CCC(CCC)CC3)c(F)c2F)c(F)c1F. The summed E-state index contributed by atoms with van der Waals surface area (Å²) in [6.45, 7) is 2.62. The first-order valence-electron chi connectivity index (χ1n) is 12.4. The zero-order chi connectivity index (χ0) is 26.3. The van der Waals surface area contributed by atoms with Crippen molar-refractivity contribution in [3.63, 3.8) is 0 Å². The second kappa shape index (κ2) is 12.6. The second-order valence-corrected chi connectivity index (χ2v) is 9.21. The molecule has 200 valence electrons. The lowest BCUT2D eigenvalue weighted by atomic mass is 9.77. The van der Waals surface area contributed by atoms with Crippen molar-refractivity contribution in [2.45, 2.75) is 77.2 Å². The summed E-state index contributed by atoms with van der Waals surface area (Å²) < 4.78 is 100. The molecule has 2 aromatic carbocycles.